The number of hydrogen-bond acceptors (Lipinski definition) is 5. The summed E-state index contributed by atoms with van der Waals surface area (Å²) in [6.45, 7) is 4.75. The van der Waals surface area contributed by atoms with Crippen LogP contribution in [0.5, 0.6) is 0 Å². The molecule has 4 aliphatic heterocycles. The fourth-order valence-electron chi connectivity index (χ4n) is 4.74. The highest BCUT2D eigenvalue weighted by atomic mass is 16.5. The molecule has 3 saturated heterocycles. The highest BCUT2D eigenvalue weighted by Gasteiger charge is 2.53. The van der Waals surface area contributed by atoms with Gasteiger partial charge in [0.2, 0.25) is 5.91 Å². The first-order chi connectivity index (χ1) is 10.5. The summed E-state index contributed by atoms with van der Waals surface area (Å²) in [4.78, 5) is 28.9. The lowest BCUT2D eigenvalue weighted by Crippen LogP contribution is -2.62. The van der Waals surface area contributed by atoms with Crippen LogP contribution in [-0.4, -0.2) is 67.0 Å². The Balaban J connectivity index is 1.58. The predicted octanol–water partition coefficient (Wildman–Crippen LogP) is 0.102. The Morgan fingerprint density at radius 2 is 1.91 bits per heavy atom. The number of piperazine rings is 1. The van der Waals surface area contributed by atoms with Gasteiger partial charge in [-0.25, -0.2) is 4.79 Å². The number of piperidine rings is 1. The third kappa shape index (κ3) is 2.01. The third-order valence-corrected chi connectivity index (χ3v) is 5.73. The molecular weight excluding hydrogens is 282 g/mol. The Morgan fingerprint density at radius 1 is 1.23 bits per heavy atom. The van der Waals surface area contributed by atoms with E-state index >= 15 is 0 Å². The van der Waals surface area contributed by atoms with Gasteiger partial charge in [0.05, 0.1) is 16.7 Å². The van der Waals surface area contributed by atoms with E-state index in [9.17, 15) is 9.59 Å². The molecule has 120 valence electrons. The number of rotatable bonds is 1. The first kappa shape index (κ1) is 14.2. The summed E-state index contributed by atoms with van der Waals surface area (Å²) in [5.41, 5.74) is 1.15. The molecule has 0 aromatic rings. The Labute approximate surface area is 130 Å². The predicted molar refractivity (Wildman–Crippen MR) is 79.9 cm³/mol. The summed E-state index contributed by atoms with van der Waals surface area (Å²) in [6, 6.07) is 0.802. The lowest BCUT2D eigenvalue weighted by Gasteiger charge is -2.48. The van der Waals surface area contributed by atoms with Gasteiger partial charge in [-0.2, -0.15) is 0 Å². The minimum Gasteiger partial charge on any atom is -0.456 e. The topological polar surface area (TPSA) is 61.9 Å². The maximum atomic E-state index is 13.1. The smallest absolute Gasteiger partial charge is 0.336 e. The summed E-state index contributed by atoms with van der Waals surface area (Å²) in [5, 5.41) is 3.65. The van der Waals surface area contributed by atoms with Gasteiger partial charge in [-0.3, -0.25) is 4.79 Å². The number of carbonyl (C=O) groups is 2. The first-order valence-corrected chi connectivity index (χ1v) is 8.12. The van der Waals surface area contributed by atoms with E-state index < -0.39 is 0 Å². The van der Waals surface area contributed by atoms with E-state index in [1.807, 2.05) is 4.90 Å². The SMILES string of the molecule is CC1=C(N2CCC3(C[C@H]4CN(C)C[C@@H](C3)N4)C2=O)COC1=O. The number of cyclic esters (lactones) is 1. The van der Waals surface area contributed by atoms with E-state index in [-0.39, 0.29) is 23.9 Å². The van der Waals surface area contributed by atoms with E-state index in [0.29, 0.717) is 17.7 Å². The number of likely N-dealkylation sites (N-methyl/N-ethyl adjacent to an activating group) is 1. The van der Waals surface area contributed by atoms with E-state index in [1.165, 1.54) is 0 Å². The number of nitrogens with zero attached hydrogens (tertiary/aromatic N) is 2. The standard InChI is InChI=1S/C16H23N3O3/c1-10-13(9-22-14(10)20)19-4-3-16(15(19)21)5-11-7-18(2)8-12(6-16)17-11/h11-12,17H,3-9H2,1-2H3/t11-,12+,16?. The molecule has 4 heterocycles. The van der Waals surface area contributed by atoms with Gasteiger partial charge in [0.1, 0.15) is 6.61 Å². The van der Waals surface area contributed by atoms with Crippen molar-refractivity contribution in [3.8, 4) is 0 Å². The molecule has 0 radical (unpaired) electrons. The molecule has 0 aromatic carbocycles. The molecule has 4 rings (SSSR count). The quantitative estimate of drug-likeness (QED) is 0.696. The molecule has 1 N–H and O–H groups in total. The van der Waals surface area contributed by atoms with Crippen LogP contribution in [0.15, 0.2) is 11.3 Å². The van der Waals surface area contributed by atoms with E-state index in [4.69, 9.17) is 4.74 Å². The van der Waals surface area contributed by atoms with Crippen molar-refractivity contribution in [2.45, 2.75) is 38.3 Å². The lowest BCUT2D eigenvalue weighted by atomic mass is 9.70. The normalized spacial score (nSPS) is 39.1. The molecule has 4 aliphatic rings. The average molecular weight is 305 g/mol. The van der Waals surface area contributed by atoms with Crippen LogP contribution in [0.1, 0.15) is 26.2 Å². The third-order valence-electron chi connectivity index (χ3n) is 5.73. The summed E-state index contributed by atoms with van der Waals surface area (Å²) in [6.07, 6.45) is 2.71. The fourth-order valence-corrected chi connectivity index (χ4v) is 4.74. The Morgan fingerprint density at radius 3 is 2.50 bits per heavy atom. The molecule has 1 amide bonds. The number of ether oxygens (including phenoxy) is 1. The second-order valence-corrected chi connectivity index (χ2v) is 7.32. The van der Waals surface area contributed by atoms with Crippen LogP contribution >= 0.6 is 0 Å². The largest absolute Gasteiger partial charge is 0.456 e. The Kier molecular flexibility index (Phi) is 3.10. The van der Waals surface area contributed by atoms with Crippen LogP contribution in [0.3, 0.4) is 0 Å². The van der Waals surface area contributed by atoms with Crippen molar-refractivity contribution < 1.29 is 14.3 Å². The maximum Gasteiger partial charge on any atom is 0.336 e. The second kappa shape index (κ2) is 4.80. The van der Waals surface area contributed by atoms with Gasteiger partial charge in [-0.15, -0.1) is 0 Å². The molecule has 6 heteroatoms. The zero-order valence-corrected chi connectivity index (χ0v) is 13.2. The molecule has 22 heavy (non-hydrogen) atoms. The second-order valence-electron chi connectivity index (χ2n) is 7.32. The molecule has 1 unspecified atom stereocenters. The molecule has 0 aliphatic carbocycles. The van der Waals surface area contributed by atoms with Gasteiger partial charge in [-0.05, 0) is 33.2 Å². The lowest BCUT2D eigenvalue weighted by molar-refractivity contribution is -0.139. The molecule has 6 nitrogen and oxygen atoms in total. The summed E-state index contributed by atoms with van der Waals surface area (Å²) >= 11 is 0. The highest BCUT2D eigenvalue weighted by Crippen LogP contribution is 2.46. The van der Waals surface area contributed by atoms with Gasteiger partial charge in [0.15, 0.2) is 0 Å². The molecule has 2 bridgehead atoms. The van der Waals surface area contributed by atoms with Crippen molar-refractivity contribution >= 4 is 11.9 Å². The van der Waals surface area contributed by atoms with Crippen LogP contribution < -0.4 is 5.32 Å². The van der Waals surface area contributed by atoms with Crippen molar-refractivity contribution in [2.24, 2.45) is 5.41 Å². The van der Waals surface area contributed by atoms with Crippen LogP contribution in [0.25, 0.3) is 0 Å². The van der Waals surface area contributed by atoms with Gasteiger partial charge in [0, 0.05) is 31.7 Å². The first-order valence-electron chi connectivity index (χ1n) is 8.12. The fraction of sp³-hybridized carbons (Fsp3) is 0.750. The van der Waals surface area contributed by atoms with Crippen LogP contribution in [-0.2, 0) is 14.3 Å². The summed E-state index contributed by atoms with van der Waals surface area (Å²) in [7, 11) is 2.15. The Bertz CT molecular complexity index is 553. The number of nitrogens with one attached hydrogen (secondary N) is 1. The van der Waals surface area contributed by atoms with Crippen molar-refractivity contribution in [1.29, 1.82) is 0 Å². The Hall–Kier alpha value is -1.40. The molecule has 3 fully saturated rings. The molecule has 0 saturated carbocycles. The van der Waals surface area contributed by atoms with E-state index in [0.717, 1.165) is 44.6 Å². The zero-order chi connectivity index (χ0) is 15.5. The van der Waals surface area contributed by atoms with Crippen molar-refractivity contribution in [2.75, 3.05) is 33.3 Å². The average Bonchev–Trinajstić information content (AvgIpc) is 2.92. The molecule has 3 atom stereocenters. The minimum atomic E-state index is -0.285. The van der Waals surface area contributed by atoms with Gasteiger partial charge < -0.3 is 19.9 Å². The van der Waals surface area contributed by atoms with E-state index in [2.05, 4.69) is 17.3 Å². The minimum absolute atomic E-state index is 0.209. The van der Waals surface area contributed by atoms with Gasteiger partial charge >= 0.3 is 5.97 Å². The van der Waals surface area contributed by atoms with Crippen LogP contribution in [0.4, 0.5) is 0 Å². The number of amides is 1. The van der Waals surface area contributed by atoms with Gasteiger partial charge in [-0.1, -0.05) is 0 Å². The van der Waals surface area contributed by atoms with Crippen molar-refractivity contribution in [3.05, 3.63) is 11.3 Å². The van der Waals surface area contributed by atoms with Crippen molar-refractivity contribution in [1.82, 2.24) is 15.1 Å². The summed E-state index contributed by atoms with van der Waals surface area (Å²) < 4.78 is 5.08. The van der Waals surface area contributed by atoms with E-state index in [1.54, 1.807) is 6.92 Å². The van der Waals surface area contributed by atoms with Crippen LogP contribution in [0, 0.1) is 5.41 Å². The maximum absolute atomic E-state index is 13.1. The summed E-state index contributed by atoms with van der Waals surface area (Å²) in [5.74, 6) is -0.0752. The van der Waals surface area contributed by atoms with Gasteiger partial charge in [0.25, 0.3) is 0 Å². The number of carbonyl (C=O) groups excluding carboxylic acids is 2. The number of likely N-dealkylation sites (tertiary alicyclic amines) is 2. The zero-order valence-electron chi connectivity index (χ0n) is 13.2. The number of hydrogen-bond donors (Lipinski definition) is 1. The van der Waals surface area contributed by atoms with Crippen LogP contribution in [0.2, 0.25) is 0 Å². The highest BCUT2D eigenvalue weighted by molar-refractivity contribution is 5.94. The number of esters is 1. The molecular formula is C16H23N3O3. The molecule has 1 spiro atoms. The number of fused-ring (bicyclic) bond motifs is 2. The van der Waals surface area contributed by atoms with Crippen molar-refractivity contribution in [3.63, 3.8) is 0 Å². The molecule has 0 aromatic heterocycles. The monoisotopic (exact) mass is 305 g/mol.